The summed E-state index contributed by atoms with van der Waals surface area (Å²) in [7, 11) is -2.49. The summed E-state index contributed by atoms with van der Waals surface area (Å²) >= 11 is 0. The molecule has 33 heavy (non-hydrogen) atoms. The van der Waals surface area contributed by atoms with Crippen molar-refractivity contribution in [2.45, 2.75) is 85.4 Å². The number of nitrogens with zero attached hydrogens (tertiary/aromatic N) is 1. The predicted octanol–water partition coefficient (Wildman–Crippen LogP) is 2.51. The molecule has 0 aromatic carbocycles. The molecule has 4 N–H and O–H groups in total. The van der Waals surface area contributed by atoms with Crippen LogP contribution in [0.1, 0.15) is 73.6 Å². The van der Waals surface area contributed by atoms with Crippen LogP contribution in [0.15, 0.2) is 0 Å². The summed E-state index contributed by atoms with van der Waals surface area (Å²) in [6.07, 6.45) is 0.676. The Balaban J connectivity index is 3.03. The molecule has 0 saturated carbocycles. The second kappa shape index (κ2) is 12.3. The molecule has 0 radical (unpaired) electrons. The number of nitrogens with one attached hydrogen (secondary N) is 2. The average molecular weight is 490 g/mol. The lowest BCUT2D eigenvalue weighted by molar-refractivity contribution is -0.145. The van der Waals surface area contributed by atoms with E-state index in [1.165, 1.54) is 7.05 Å². The van der Waals surface area contributed by atoms with Crippen molar-refractivity contribution in [1.82, 2.24) is 15.5 Å². The van der Waals surface area contributed by atoms with Crippen molar-refractivity contribution in [2.75, 3.05) is 19.5 Å². The van der Waals surface area contributed by atoms with Crippen molar-refractivity contribution in [3.05, 3.63) is 0 Å². The lowest BCUT2D eigenvalue weighted by atomic mass is 9.96. The van der Waals surface area contributed by atoms with Crippen LogP contribution in [-0.2, 0) is 18.9 Å². The van der Waals surface area contributed by atoms with Crippen LogP contribution in [0.25, 0.3) is 0 Å². The Kier molecular flexibility index (Phi) is 11.0. The summed E-state index contributed by atoms with van der Waals surface area (Å²) in [6.45, 7) is 11.6. The molecule has 10 heteroatoms. The minimum absolute atomic E-state index is 0.0793. The fourth-order valence-electron chi connectivity index (χ4n) is 4.51. The Hall–Kier alpha value is -1.44. The van der Waals surface area contributed by atoms with Gasteiger partial charge in [0.1, 0.15) is 18.1 Å². The Morgan fingerprint density at radius 1 is 1.06 bits per heavy atom. The molecular weight excluding hydrogens is 445 g/mol. The minimum atomic E-state index is -3.99. The molecule has 1 saturated heterocycles. The third-order valence-corrected chi connectivity index (χ3v) is 7.60. The highest BCUT2D eigenvalue weighted by atomic mass is 31.2. The Morgan fingerprint density at radius 3 is 2.12 bits per heavy atom. The molecule has 1 aliphatic heterocycles. The summed E-state index contributed by atoms with van der Waals surface area (Å²) < 4.78 is 13.2. The molecule has 0 aromatic heterocycles. The maximum Gasteiger partial charge on any atom is 0.242 e. The van der Waals surface area contributed by atoms with Gasteiger partial charge in [-0.3, -0.25) is 18.9 Å². The smallest absolute Gasteiger partial charge is 0.242 e. The van der Waals surface area contributed by atoms with Crippen molar-refractivity contribution >= 4 is 25.1 Å². The predicted molar refractivity (Wildman–Crippen MR) is 128 cm³/mol. The largest absolute Gasteiger partial charge is 0.371 e. The van der Waals surface area contributed by atoms with Crippen LogP contribution in [0.2, 0.25) is 0 Å². The maximum atomic E-state index is 13.2. The second-order valence-corrected chi connectivity index (χ2v) is 13.0. The van der Waals surface area contributed by atoms with Crippen molar-refractivity contribution in [3.63, 3.8) is 0 Å². The molecule has 0 aromatic rings. The first-order valence-corrected chi connectivity index (χ1v) is 14.0. The lowest BCUT2D eigenvalue weighted by Gasteiger charge is -2.36. The third kappa shape index (κ3) is 9.38. The number of likely N-dealkylation sites (N-methyl/N-ethyl adjacent to an activating group) is 1. The molecule has 0 spiro atoms. The number of hydrogen-bond donors (Lipinski definition) is 4. The van der Waals surface area contributed by atoms with Gasteiger partial charge in [0.25, 0.3) is 0 Å². The number of likely N-dealkylation sites (tertiary alicyclic amines) is 1. The fraction of sp³-hybridized carbons (Fsp3) is 0.870. The number of hydrogen-bond acceptors (Lipinski definition) is 5. The lowest BCUT2D eigenvalue weighted by Crippen LogP contribution is -2.49. The molecule has 9 nitrogen and oxygen atoms in total. The van der Waals surface area contributed by atoms with Crippen LogP contribution in [-0.4, -0.2) is 63.9 Å². The van der Waals surface area contributed by atoms with E-state index in [1.807, 2.05) is 41.5 Å². The van der Waals surface area contributed by atoms with Gasteiger partial charge < -0.3 is 25.5 Å². The number of carbonyl (C=O) groups is 3. The van der Waals surface area contributed by atoms with Gasteiger partial charge in [-0.2, -0.15) is 0 Å². The molecule has 2 unspecified atom stereocenters. The molecule has 0 aliphatic carbocycles. The zero-order valence-corrected chi connectivity index (χ0v) is 22.2. The highest BCUT2D eigenvalue weighted by Gasteiger charge is 2.47. The minimum Gasteiger partial charge on any atom is -0.371 e. The second-order valence-electron chi connectivity index (χ2n) is 10.7. The van der Waals surface area contributed by atoms with Crippen LogP contribution in [0.5, 0.6) is 0 Å². The SMILES string of the molecule is CNC(=O)[C@H](CC(C)C)NC(=O)C(CC(C)C)CP(=O)(O)CN1C(=O)CC[C@@]1(O)CC(C)C. The van der Waals surface area contributed by atoms with Crippen LogP contribution in [0.4, 0.5) is 0 Å². The number of carbonyl (C=O) groups excluding carboxylic acids is 3. The van der Waals surface area contributed by atoms with Crippen molar-refractivity contribution < 1.29 is 28.9 Å². The molecule has 4 atom stereocenters. The van der Waals surface area contributed by atoms with E-state index in [4.69, 9.17) is 0 Å². The van der Waals surface area contributed by atoms with E-state index in [0.717, 1.165) is 4.90 Å². The third-order valence-electron chi connectivity index (χ3n) is 5.86. The van der Waals surface area contributed by atoms with Gasteiger partial charge in [0.2, 0.25) is 25.1 Å². The fourth-order valence-corrected chi connectivity index (χ4v) is 6.49. The molecule has 3 amide bonds. The van der Waals surface area contributed by atoms with Gasteiger partial charge in [-0.15, -0.1) is 0 Å². The highest BCUT2D eigenvalue weighted by Crippen LogP contribution is 2.48. The van der Waals surface area contributed by atoms with Crippen LogP contribution in [0, 0.1) is 23.7 Å². The van der Waals surface area contributed by atoms with E-state index in [0.29, 0.717) is 19.3 Å². The van der Waals surface area contributed by atoms with Gasteiger partial charge in [0.15, 0.2) is 0 Å². The van der Waals surface area contributed by atoms with Gasteiger partial charge in [-0.25, -0.2) is 0 Å². The molecule has 1 rings (SSSR count). The summed E-state index contributed by atoms with van der Waals surface area (Å²) in [5, 5.41) is 16.3. The number of rotatable bonds is 13. The standard InChI is InChI=1S/C23H44N3O6P/c1-15(2)10-18(21(28)25-19(11-16(3)4)22(29)24-7)13-33(31,32)14-26-20(27)8-9-23(26,30)12-17(5)6/h15-19,30H,8-14H2,1-7H3,(H,24,29)(H,25,28)(H,31,32)/t18?,19-,23+/m0/s1. The van der Waals surface area contributed by atoms with E-state index in [1.54, 1.807) is 0 Å². The first-order valence-electron chi connectivity index (χ1n) is 12.0. The molecule has 1 fully saturated rings. The molecule has 1 aliphatic rings. The Morgan fingerprint density at radius 2 is 1.64 bits per heavy atom. The van der Waals surface area contributed by atoms with E-state index in [-0.39, 0.29) is 48.6 Å². The zero-order chi connectivity index (χ0) is 25.6. The Bertz CT molecular complexity index is 742. The van der Waals surface area contributed by atoms with Crippen LogP contribution >= 0.6 is 7.37 Å². The molecule has 192 valence electrons. The summed E-state index contributed by atoms with van der Waals surface area (Å²) in [6, 6.07) is -0.730. The quantitative estimate of drug-likeness (QED) is 0.294. The maximum absolute atomic E-state index is 13.2. The first kappa shape index (κ1) is 29.6. The monoisotopic (exact) mass is 489 g/mol. The van der Waals surface area contributed by atoms with E-state index in [9.17, 15) is 28.9 Å². The van der Waals surface area contributed by atoms with Gasteiger partial charge in [0, 0.05) is 32.0 Å². The van der Waals surface area contributed by atoms with Gasteiger partial charge in [-0.1, -0.05) is 41.5 Å². The summed E-state index contributed by atoms with van der Waals surface area (Å²) in [5.74, 6) is -1.56. The summed E-state index contributed by atoms with van der Waals surface area (Å²) in [5.41, 5.74) is -1.44. The topological polar surface area (TPSA) is 136 Å². The van der Waals surface area contributed by atoms with E-state index >= 15 is 0 Å². The zero-order valence-electron chi connectivity index (χ0n) is 21.3. The van der Waals surface area contributed by atoms with Crippen LogP contribution < -0.4 is 10.6 Å². The normalized spacial score (nSPS) is 22.5. The molecular formula is C23H44N3O6P. The Labute approximate surface area is 198 Å². The van der Waals surface area contributed by atoms with Crippen molar-refractivity contribution in [1.29, 1.82) is 0 Å². The van der Waals surface area contributed by atoms with Gasteiger partial charge >= 0.3 is 0 Å². The molecule has 0 bridgehead atoms. The first-order chi connectivity index (χ1) is 15.1. The van der Waals surface area contributed by atoms with E-state index in [2.05, 4.69) is 10.6 Å². The van der Waals surface area contributed by atoms with Crippen LogP contribution in [0.3, 0.4) is 0 Å². The highest BCUT2D eigenvalue weighted by molar-refractivity contribution is 7.58. The summed E-state index contributed by atoms with van der Waals surface area (Å²) in [4.78, 5) is 49.7. The number of amides is 3. The van der Waals surface area contributed by atoms with E-state index < -0.39 is 37.2 Å². The number of aliphatic hydroxyl groups is 1. The van der Waals surface area contributed by atoms with Crippen molar-refractivity contribution in [2.24, 2.45) is 23.7 Å². The van der Waals surface area contributed by atoms with Crippen molar-refractivity contribution in [3.8, 4) is 0 Å². The van der Waals surface area contributed by atoms with Gasteiger partial charge in [0.05, 0.1) is 0 Å². The van der Waals surface area contributed by atoms with Gasteiger partial charge in [-0.05, 0) is 37.0 Å². The molecule has 1 heterocycles. The average Bonchev–Trinajstić information content (AvgIpc) is 2.92.